The molecule has 0 unspecified atom stereocenters. The molecule has 0 aliphatic carbocycles. The van der Waals surface area contributed by atoms with Gasteiger partial charge in [-0.05, 0) is 48.4 Å². The van der Waals surface area contributed by atoms with E-state index in [1.165, 1.54) is 19.3 Å². The molecule has 1 aliphatic rings. The van der Waals surface area contributed by atoms with Gasteiger partial charge in [0.1, 0.15) is 5.57 Å². The zero-order valence-electron chi connectivity index (χ0n) is 15.9. The SMILES string of the molecule is CCCOc1ccc(/C=C2\C(=O)NC(=O)N(c3cccc(Cl)c3)C2=O)cc1OC. The molecule has 1 heterocycles. The molecule has 1 N–H and O–H groups in total. The van der Waals surface area contributed by atoms with Gasteiger partial charge in [0, 0.05) is 5.02 Å². The first-order valence-electron chi connectivity index (χ1n) is 8.92. The Balaban J connectivity index is 1.96. The number of nitrogens with zero attached hydrogens (tertiary/aromatic N) is 1. The van der Waals surface area contributed by atoms with Gasteiger partial charge in [0.25, 0.3) is 11.8 Å². The summed E-state index contributed by atoms with van der Waals surface area (Å²) in [5, 5.41) is 2.54. The lowest BCUT2D eigenvalue weighted by molar-refractivity contribution is -0.122. The summed E-state index contributed by atoms with van der Waals surface area (Å²) in [5.74, 6) is -0.485. The van der Waals surface area contributed by atoms with E-state index in [2.05, 4.69) is 5.32 Å². The van der Waals surface area contributed by atoms with Crippen molar-refractivity contribution in [2.24, 2.45) is 0 Å². The standard InChI is InChI=1S/C21H19ClN2O5/c1-3-9-29-17-8-7-13(11-18(17)28-2)10-16-19(25)23-21(27)24(20(16)26)15-6-4-5-14(22)12-15/h4-8,10-12H,3,9H2,1-2H3,(H,23,25,27)/b16-10+. The normalized spacial score (nSPS) is 15.5. The van der Waals surface area contributed by atoms with Gasteiger partial charge in [0.2, 0.25) is 0 Å². The first-order valence-corrected chi connectivity index (χ1v) is 9.30. The van der Waals surface area contributed by atoms with Crippen LogP contribution in [-0.2, 0) is 9.59 Å². The summed E-state index contributed by atoms with van der Waals surface area (Å²) in [4.78, 5) is 38.3. The van der Waals surface area contributed by atoms with Gasteiger partial charge >= 0.3 is 6.03 Å². The number of halogens is 1. The van der Waals surface area contributed by atoms with Crippen LogP contribution in [0.25, 0.3) is 6.08 Å². The molecule has 0 bridgehead atoms. The molecule has 150 valence electrons. The van der Waals surface area contributed by atoms with Crippen molar-refractivity contribution in [2.75, 3.05) is 18.6 Å². The highest BCUT2D eigenvalue weighted by Gasteiger charge is 2.36. The number of rotatable bonds is 6. The van der Waals surface area contributed by atoms with Crippen LogP contribution in [0.4, 0.5) is 10.5 Å². The van der Waals surface area contributed by atoms with E-state index in [0.717, 1.165) is 11.3 Å². The van der Waals surface area contributed by atoms with Crippen molar-refractivity contribution >= 4 is 41.2 Å². The van der Waals surface area contributed by atoms with Gasteiger partial charge in [-0.1, -0.05) is 30.7 Å². The van der Waals surface area contributed by atoms with Crippen LogP contribution in [0.2, 0.25) is 5.02 Å². The molecular weight excluding hydrogens is 396 g/mol. The van der Waals surface area contributed by atoms with Crippen molar-refractivity contribution in [3.05, 3.63) is 58.6 Å². The summed E-state index contributed by atoms with van der Waals surface area (Å²) in [6.07, 6.45) is 2.24. The van der Waals surface area contributed by atoms with Crippen LogP contribution in [-0.4, -0.2) is 31.6 Å². The summed E-state index contributed by atoms with van der Waals surface area (Å²) in [5.41, 5.74) is 0.623. The Morgan fingerprint density at radius 1 is 1.10 bits per heavy atom. The van der Waals surface area contributed by atoms with Crippen molar-refractivity contribution in [1.82, 2.24) is 5.32 Å². The molecule has 1 aliphatic heterocycles. The Bertz CT molecular complexity index is 1000. The Kier molecular flexibility index (Phi) is 6.19. The van der Waals surface area contributed by atoms with Gasteiger partial charge < -0.3 is 9.47 Å². The largest absolute Gasteiger partial charge is 0.493 e. The molecule has 4 amide bonds. The Morgan fingerprint density at radius 3 is 2.59 bits per heavy atom. The summed E-state index contributed by atoms with van der Waals surface area (Å²) in [7, 11) is 1.50. The summed E-state index contributed by atoms with van der Waals surface area (Å²) >= 11 is 5.96. The number of amides is 4. The average Bonchev–Trinajstić information content (AvgIpc) is 2.69. The highest BCUT2D eigenvalue weighted by atomic mass is 35.5. The van der Waals surface area contributed by atoms with Gasteiger partial charge in [-0.3, -0.25) is 14.9 Å². The van der Waals surface area contributed by atoms with Crippen molar-refractivity contribution in [3.8, 4) is 11.5 Å². The van der Waals surface area contributed by atoms with Gasteiger partial charge in [-0.15, -0.1) is 0 Å². The van der Waals surface area contributed by atoms with Crippen molar-refractivity contribution in [2.45, 2.75) is 13.3 Å². The third-order valence-corrected chi connectivity index (χ3v) is 4.36. The maximum absolute atomic E-state index is 12.9. The van der Waals surface area contributed by atoms with Crippen LogP contribution in [0.15, 0.2) is 48.0 Å². The van der Waals surface area contributed by atoms with E-state index >= 15 is 0 Å². The minimum Gasteiger partial charge on any atom is -0.493 e. The van der Waals surface area contributed by atoms with Gasteiger partial charge in [-0.2, -0.15) is 0 Å². The molecule has 0 saturated carbocycles. The summed E-state index contributed by atoms with van der Waals surface area (Å²) in [6, 6.07) is 10.5. The number of nitrogens with one attached hydrogen (secondary N) is 1. The summed E-state index contributed by atoms with van der Waals surface area (Å²) < 4.78 is 10.9. The lowest BCUT2D eigenvalue weighted by Gasteiger charge is -2.26. The van der Waals surface area contributed by atoms with E-state index in [1.54, 1.807) is 36.4 Å². The van der Waals surface area contributed by atoms with Crippen LogP contribution in [0, 0.1) is 0 Å². The second kappa shape index (κ2) is 8.79. The molecule has 0 aromatic heterocycles. The molecule has 0 atom stereocenters. The Morgan fingerprint density at radius 2 is 1.90 bits per heavy atom. The molecule has 2 aromatic carbocycles. The lowest BCUT2D eigenvalue weighted by Crippen LogP contribution is -2.54. The minimum atomic E-state index is -0.833. The quantitative estimate of drug-likeness (QED) is 0.574. The molecule has 1 fully saturated rings. The number of anilines is 1. The number of benzene rings is 2. The van der Waals surface area contributed by atoms with Crippen LogP contribution < -0.4 is 19.7 Å². The topological polar surface area (TPSA) is 84.9 Å². The molecule has 8 heteroatoms. The molecule has 0 radical (unpaired) electrons. The van der Waals surface area contributed by atoms with E-state index < -0.39 is 17.8 Å². The highest BCUT2D eigenvalue weighted by molar-refractivity contribution is 6.39. The first-order chi connectivity index (χ1) is 13.9. The van der Waals surface area contributed by atoms with Crippen molar-refractivity contribution in [1.29, 1.82) is 0 Å². The number of barbiturate groups is 1. The number of carbonyl (C=O) groups excluding carboxylic acids is 3. The number of urea groups is 1. The van der Waals surface area contributed by atoms with Crippen LogP contribution >= 0.6 is 11.6 Å². The van der Waals surface area contributed by atoms with E-state index in [0.29, 0.717) is 28.7 Å². The van der Waals surface area contributed by atoms with E-state index in [4.69, 9.17) is 21.1 Å². The average molecular weight is 415 g/mol. The number of ether oxygens (including phenoxy) is 2. The highest BCUT2D eigenvalue weighted by Crippen LogP contribution is 2.30. The predicted octanol–water partition coefficient (Wildman–Crippen LogP) is 3.80. The second-order valence-corrected chi connectivity index (χ2v) is 6.63. The van der Waals surface area contributed by atoms with Gasteiger partial charge in [-0.25, -0.2) is 9.69 Å². The van der Waals surface area contributed by atoms with E-state index in [1.807, 2.05) is 6.92 Å². The smallest absolute Gasteiger partial charge is 0.335 e. The zero-order valence-corrected chi connectivity index (χ0v) is 16.7. The third kappa shape index (κ3) is 4.41. The van der Waals surface area contributed by atoms with Crippen LogP contribution in [0.5, 0.6) is 11.5 Å². The molecule has 0 spiro atoms. The maximum atomic E-state index is 12.9. The molecular formula is C21H19ClN2O5. The molecule has 29 heavy (non-hydrogen) atoms. The zero-order chi connectivity index (χ0) is 21.0. The lowest BCUT2D eigenvalue weighted by atomic mass is 10.1. The fraction of sp³-hybridized carbons (Fsp3) is 0.190. The number of methoxy groups -OCH3 is 1. The van der Waals surface area contributed by atoms with Gasteiger partial charge in [0.05, 0.1) is 19.4 Å². The first kappa shape index (κ1) is 20.4. The fourth-order valence-electron chi connectivity index (χ4n) is 2.78. The monoisotopic (exact) mass is 414 g/mol. The number of imide groups is 2. The molecule has 2 aromatic rings. The third-order valence-electron chi connectivity index (χ3n) is 4.13. The van der Waals surface area contributed by atoms with Crippen molar-refractivity contribution < 1.29 is 23.9 Å². The molecule has 3 rings (SSSR count). The van der Waals surface area contributed by atoms with E-state index in [9.17, 15) is 14.4 Å². The van der Waals surface area contributed by atoms with E-state index in [-0.39, 0.29) is 11.3 Å². The Hall–Kier alpha value is -3.32. The number of carbonyl (C=O) groups is 3. The van der Waals surface area contributed by atoms with Gasteiger partial charge in [0.15, 0.2) is 11.5 Å². The minimum absolute atomic E-state index is 0.186. The number of hydrogen-bond donors (Lipinski definition) is 1. The Labute approximate surface area is 172 Å². The predicted molar refractivity (Wildman–Crippen MR) is 109 cm³/mol. The fourth-order valence-corrected chi connectivity index (χ4v) is 2.96. The van der Waals surface area contributed by atoms with Crippen LogP contribution in [0.1, 0.15) is 18.9 Å². The molecule has 7 nitrogen and oxygen atoms in total. The van der Waals surface area contributed by atoms with Crippen LogP contribution in [0.3, 0.4) is 0 Å². The summed E-state index contributed by atoms with van der Waals surface area (Å²) in [6.45, 7) is 2.53. The maximum Gasteiger partial charge on any atom is 0.335 e. The second-order valence-electron chi connectivity index (χ2n) is 6.20. The molecule has 1 saturated heterocycles. The van der Waals surface area contributed by atoms with Crippen molar-refractivity contribution in [3.63, 3.8) is 0 Å². The number of hydrogen-bond acceptors (Lipinski definition) is 5.